The molecular weight excluding hydrogens is 336 g/mol. The van der Waals surface area contributed by atoms with Gasteiger partial charge in [0.05, 0.1) is 12.7 Å². The number of allylic oxidation sites excluding steroid dienone is 2. The van der Waals surface area contributed by atoms with E-state index < -0.39 is 17.7 Å². The first kappa shape index (κ1) is 20.2. The summed E-state index contributed by atoms with van der Waals surface area (Å²) < 4.78 is 10.6. The summed E-state index contributed by atoms with van der Waals surface area (Å²) >= 11 is 0. The number of Topliss-reactive ketones (excluding diaryl/α,β-unsaturated/α-hetero) is 3. The van der Waals surface area contributed by atoms with E-state index in [0.717, 1.165) is 5.57 Å². The highest BCUT2D eigenvalue weighted by molar-refractivity contribution is 5.97. The van der Waals surface area contributed by atoms with Crippen LogP contribution in [0.5, 0.6) is 0 Å². The molecule has 2 aliphatic heterocycles. The van der Waals surface area contributed by atoms with Crippen molar-refractivity contribution in [3.63, 3.8) is 0 Å². The van der Waals surface area contributed by atoms with Crippen molar-refractivity contribution in [2.45, 2.75) is 64.1 Å². The fraction of sp³-hybridized carbons (Fsp3) is 0.600. The fourth-order valence-corrected chi connectivity index (χ4v) is 3.55. The summed E-state index contributed by atoms with van der Waals surface area (Å²) in [5, 5.41) is 0. The molecule has 2 rings (SSSR count). The molecule has 0 amide bonds. The van der Waals surface area contributed by atoms with Crippen molar-refractivity contribution in [1.29, 1.82) is 0 Å². The molecule has 3 atom stereocenters. The molecule has 142 valence electrons. The van der Waals surface area contributed by atoms with Crippen LogP contribution in [-0.4, -0.2) is 42.1 Å². The summed E-state index contributed by atoms with van der Waals surface area (Å²) in [4.78, 5) is 49.1. The van der Waals surface area contributed by atoms with Gasteiger partial charge < -0.3 is 9.47 Å². The third-order valence-corrected chi connectivity index (χ3v) is 4.97. The molecule has 0 unspecified atom stereocenters. The van der Waals surface area contributed by atoms with Crippen molar-refractivity contribution in [3.05, 3.63) is 23.8 Å². The summed E-state index contributed by atoms with van der Waals surface area (Å²) in [6.45, 7) is 7.44. The third-order valence-electron chi connectivity index (χ3n) is 4.97. The van der Waals surface area contributed by atoms with Gasteiger partial charge in [-0.05, 0) is 26.2 Å². The molecule has 2 bridgehead atoms. The zero-order valence-corrected chi connectivity index (χ0v) is 15.6. The van der Waals surface area contributed by atoms with Crippen LogP contribution in [0, 0.1) is 5.92 Å². The minimum Gasteiger partial charge on any atom is -0.466 e. The summed E-state index contributed by atoms with van der Waals surface area (Å²) in [6, 6.07) is 0. The molecule has 6 heteroatoms. The van der Waals surface area contributed by atoms with Gasteiger partial charge in [-0.1, -0.05) is 18.2 Å². The number of fused-ring (bicyclic) bond motifs is 2. The van der Waals surface area contributed by atoms with Gasteiger partial charge in [-0.2, -0.15) is 0 Å². The SMILES string of the molecule is C=C(C)[C@@H]1C/C=C(/C(=O)OC)CC(=O)C[C@]2(C)CC(=O)[C@H](CC(=O)C1)O2. The first-order valence-corrected chi connectivity index (χ1v) is 8.80. The molecule has 0 aromatic heterocycles. The van der Waals surface area contributed by atoms with Crippen LogP contribution in [-0.2, 0) is 28.7 Å². The van der Waals surface area contributed by atoms with E-state index in [2.05, 4.69) is 6.58 Å². The van der Waals surface area contributed by atoms with Crippen LogP contribution in [0.25, 0.3) is 0 Å². The number of methoxy groups -OCH3 is 1. The smallest absolute Gasteiger partial charge is 0.333 e. The van der Waals surface area contributed by atoms with E-state index in [1.165, 1.54) is 7.11 Å². The maximum absolute atomic E-state index is 12.5. The Morgan fingerprint density at radius 1 is 1.23 bits per heavy atom. The van der Waals surface area contributed by atoms with Gasteiger partial charge in [0.15, 0.2) is 5.78 Å². The van der Waals surface area contributed by atoms with E-state index in [9.17, 15) is 19.2 Å². The zero-order chi connectivity index (χ0) is 19.5. The first-order chi connectivity index (χ1) is 12.1. The van der Waals surface area contributed by atoms with E-state index in [1.807, 2.05) is 6.92 Å². The topological polar surface area (TPSA) is 86.7 Å². The zero-order valence-electron chi connectivity index (χ0n) is 15.6. The van der Waals surface area contributed by atoms with Gasteiger partial charge >= 0.3 is 5.97 Å². The largest absolute Gasteiger partial charge is 0.466 e. The molecular formula is C20H26O6. The number of esters is 1. The van der Waals surface area contributed by atoms with Crippen LogP contribution in [0.4, 0.5) is 0 Å². The molecule has 26 heavy (non-hydrogen) atoms. The fourth-order valence-electron chi connectivity index (χ4n) is 3.55. The lowest BCUT2D eigenvalue weighted by Gasteiger charge is -2.23. The van der Waals surface area contributed by atoms with E-state index in [-0.39, 0.29) is 60.9 Å². The molecule has 0 radical (unpaired) electrons. The Hall–Kier alpha value is -2.08. The molecule has 1 fully saturated rings. The number of ether oxygens (including phenoxy) is 2. The highest BCUT2D eigenvalue weighted by atomic mass is 16.5. The second-order valence-corrected chi connectivity index (χ2v) is 7.54. The summed E-state index contributed by atoms with van der Waals surface area (Å²) in [6.07, 6.45) is 1.55. The second-order valence-electron chi connectivity index (χ2n) is 7.54. The van der Waals surface area contributed by atoms with E-state index in [4.69, 9.17) is 9.47 Å². The van der Waals surface area contributed by atoms with Gasteiger partial charge in [0.25, 0.3) is 0 Å². The van der Waals surface area contributed by atoms with Gasteiger partial charge in [-0.3, -0.25) is 14.4 Å². The number of rotatable bonds is 2. The summed E-state index contributed by atoms with van der Waals surface area (Å²) in [7, 11) is 1.26. The van der Waals surface area contributed by atoms with E-state index in [1.54, 1.807) is 13.0 Å². The lowest BCUT2D eigenvalue weighted by Crippen LogP contribution is -2.29. The number of carbonyl (C=O) groups excluding carboxylic acids is 4. The molecule has 0 aromatic rings. The molecule has 0 N–H and O–H groups in total. The summed E-state index contributed by atoms with van der Waals surface area (Å²) in [5.41, 5.74) is 0.144. The van der Waals surface area contributed by atoms with Crippen LogP contribution in [0.2, 0.25) is 0 Å². The molecule has 0 spiro atoms. The van der Waals surface area contributed by atoms with Gasteiger partial charge in [0, 0.05) is 37.7 Å². The Kier molecular flexibility index (Phi) is 6.29. The maximum Gasteiger partial charge on any atom is 0.333 e. The summed E-state index contributed by atoms with van der Waals surface area (Å²) in [5.74, 6) is -1.16. The molecule has 1 saturated heterocycles. The average Bonchev–Trinajstić information content (AvgIpc) is 2.81. The molecule has 0 aromatic carbocycles. The van der Waals surface area contributed by atoms with E-state index >= 15 is 0 Å². The number of hydrogen-bond donors (Lipinski definition) is 0. The first-order valence-electron chi connectivity index (χ1n) is 8.80. The number of carbonyl (C=O) groups is 4. The third kappa shape index (κ3) is 4.97. The van der Waals surface area contributed by atoms with Gasteiger partial charge in [0.2, 0.25) is 0 Å². The van der Waals surface area contributed by atoms with Crippen LogP contribution < -0.4 is 0 Å². The Morgan fingerprint density at radius 3 is 2.54 bits per heavy atom. The Balaban J connectivity index is 2.34. The Bertz CT molecular complexity index is 674. The quantitative estimate of drug-likeness (QED) is 0.554. The van der Waals surface area contributed by atoms with Crippen LogP contribution in [0.15, 0.2) is 23.8 Å². The minimum absolute atomic E-state index is 0.0139. The molecule has 6 nitrogen and oxygen atoms in total. The Morgan fingerprint density at radius 2 is 1.92 bits per heavy atom. The van der Waals surface area contributed by atoms with Crippen molar-refractivity contribution < 1.29 is 28.7 Å². The van der Waals surface area contributed by atoms with Crippen molar-refractivity contribution >= 4 is 23.3 Å². The predicted octanol–water partition coefficient (Wildman–Crippen LogP) is 2.50. The number of hydrogen-bond acceptors (Lipinski definition) is 6. The molecule has 2 aliphatic rings. The van der Waals surface area contributed by atoms with Gasteiger partial charge in [0.1, 0.15) is 17.7 Å². The normalized spacial score (nSPS) is 32.7. The van der Waals surface area contributed by atoms with Crippen molar-refractivity contribution in [2.75, 3.05) is 7.11 Å². The highest BCUT2D eigenvalue weighted by Crippen LogP contribution is 2.34. The average molecular weight is 362 g/mol. The van der Waals surface area contributed by atoms with Crippen molar-refractivity contribution in [2.24, 2.45) is 5.92 Å². The van der Waals surface area contributed by atoms with Crippen LogP contribution >= 0.6 is 0 Å². The monoisotopic (exact) mass is 362 g/mol. The van der Waals surface area contributed by atoms with Crippen molar-refractivity contribution in [1.82, 2.24) is 0 Å². The molecule has 0 aliphatic carbocycles. The Labute approximate surface area is 153 Å². The second kappa shape index (κ2) is 8.08. The van der Waals surface area contributed by atoms with Crippen molar-refractivity contribution in [3.8, 4) is 0 Å². The number of ketones is 3. The predicted molar refractivity (Wildman–Crippen MR) is 94.4 cm³/mol. The minimum atomic E-state index is -0.928. The maximum atomic E-state index is 12.5. The lowest BCUT2D eigenvalue weighted by atomic mass is 9.87. The van der Waals surface area contributed by atoms with Gasteiger partial charge in [-0.15, -0.1) is 0 Å². The molecule has 2 heterocycles. The van der Waals surface area contributed by atoms with Crippen LogP contribution in [0.1, 0.15) is 52.4 Å². The van der Waals surface area contributed by atoms with E-state index in [0.29, 0.717) is 6.42 Å². The standard InChI is InChI=1S/C20H26O6/c1-12(2)13-5-6-14(19(24)25-4)8-16(22)10-20(3)11-17(23)18(26-20)9-15(21)7-13/h6,13,18H,1,5,7-11H2,2-4H3/b14-6+/t13-,18+,20-/m1/s1. The van der Waals surface area contributed by atoms with Gasteiger partial charge in [-0.25, -0.2) is 4.79 Å². The highest BCUT2D eigenvalue weighted by Gasteiger charge is 2.44. The van der Waals surface area contributed by atoms with Crippen LogP contribution in [0.3, 0.4) is 0 Å². The molecule has 0 saturated carbocycles. The lowest BCUT2D eigenvalue weighted by molar-refractivity contribution is -0.138.